The molecule has 1 amide bonds. The number of ether oxygens (including phenoxy) is 1. The number of pyridine rings is 1. The molecule has 4 nitrogen and oxygen atoms in total. The summed E-state index contributed by atoms with van der Waals surface area (Å²) >= 11 is 3.25. The number of carbonyl (C=O) groups excluding carboxylic acids is 1. The zero-order valence-corrected chi connectivity index (χ0v) is 10.8. The Morgan fingerprint density at radius 1 is 1.50 bits per heavy atom. The highest BCUT2D eigenvalue weighted by Gasteiger charge is 2.05. The van der Waals surface area contributed by atoms with Crippen molar-refractivity contribution in [3.05, 3.63) is 29.6 Å². The quantitative estimate of drug-likeness (QED) is 0.637. The Hall–Kier alpha value is -0.940. The van der Waals surface area contributed by atoms with E-state index >= 15 is 0 Å². The topological polar surface area (TPSA) is 51.2 Å². The van der Waals surface area contributed by atoms with Crippen LogP contribution in [0.15, 0.2) is 18.2 Å². The van der Waals surface area contributed by atoms with E-state index in [1.807, 2.05) is 19.1 Å². The fraction of sp³-hybridized carbons (Fsp3) is 0.455. The molecule has 5 heteroatoms. The first-order valence-electron chi connectivity index (χ1n) is 5.09. The van der Waals surface area contributed by atoms with Crippen LogP contribution in [-0.4, -0.2) is 36.0 Å². The fourth-order valence-electron chi connectivity index (χ4n) is 1.15. The molecule has 0 saturated carbocycles. The summed E-state index contributed by atoms with van der Waals surface area (Å²) in [5.74, 6) is -0.161. The predicted molar refractivity (Wildman–Crippen MR) is 65.9 cm³/mol. The number of hydrogen-bond donors (Lipinski definition) is 1. The van der Waals surface area contributed by atoms with Gasteiger partial charge in [-0.3, -0.25) is 4.79 Å². The Morgan fingerprint density at radius 3 is 3.00 bits per heavy atom. The fourth-order valence-corrected chi connectivity index (χ4v) is 1.38. The number of nitrogens with zero attached hydrogens (tertiary/aromatic N) is 1. The number of alkyl halides is 1. The molecule has 0 radical (unpaired) electrons. The van der Waals surface area contributed by atoms with Gasteiger partial charge in [0.05, 0.1) is 13.2 Å². The zero-order chi connectivity index (χ0) is 11.8. The smallest absolute Gasteiger partial charge is 0.269 e. The highest BCUT2D eigenvalue weighted by molar-refractivity contribution is 9.09. The van der Waals surface area contributed by atoms with Gasteiger partial charge in [0, 0.05) is 17.6 Å². The lowest BCUT2D eigenvalue weighted by Crippen LogP contribution is -2.28. The SMILES string of the molecule is Cc1cccc(C(=O)NCCOCCBr)n1. The van der Waals surface area contributed by atoms with E-state index in [4.69, 9.17) is 4.74 Å². The van der Waals surface area contributed by atoms with E-state index in [1.165, 1.54) is 0 Å². The number of halogens is 1. The van der Waals surface area contributed by atoms with Crippen LogP contribution in [0.3, 0.4) is 0 Å². The molecule has 0 aliphatic rings. The van der Waals surface area contributed by atoms with E-state index in [-0.39, 0.29) is 5.91 Å². The summed E-state index contributed by atoms with van der Waals surface area (Å²) in [4.78, 5) is 15.7. The van der Waals surface area contributed by atoms with E-state index in [0.29, 0.717) is 25.5 Å². The van der Waals surface area contributed by atoms with Gasteiger partial charge in [0.1, 0.15) is 5.69 Å². The van der Waals surface area contributed by atoms with Crippen LogP contribution in [0, 0.1) is 6.92 Å². The molecule has 88 valence electrons. The number of hydrogen-bond acceptors (Lipinski definition) is 3. The normalized spacial score (nSPS) is 10.1. The molecule has 0 spiro atoms. The van der Waals surface area contributed by atoms with Crippen LogP contribution < -0.4 is 5.32 Å². The third-order valence-electron chi connectivity index (χ3n) is 1.87. The van der Waals surface area contributed by atoms with E-state index < -0.39 is 0 Å². The second-order valence-corrected chi connectivity index (χ2v) is 4.01. The van der Waals surface area contributed by atoms with Crippen molar-refractivity contribution in [2.45, 2.75) is 6.92 Å². The maximum atomic E-state index is 11.6. The van der Waals surface area contributed by atoms with Crippen molar-refractivity contribution in [2.24, 2.45) is 0 Å². The summed E-state index contributed by atoms with van der Waals surface area (Å²) < 4.78 is 5.21. The lowest BCUT2D eigenvalue weighted by atomic mass is 10.3. The summed E-state index contributed by atoms with van der Waals surface area (Å²) in [6.07, 6.45) is 0. The van der Waals surface area contributed by atoms with Gasteiger partial charge in [0.25, 0.3) is 5.91 Å². The van der Waals surface area contributed by atoms with Crippen LogP contribution in [-0.2, 0) is 4.74 Å². The summed E-state index contributed by atoms with van der Waals surface area (Å²) in [6.45, 7) is 3.53. The maximum absolute atomic E-state index is 11.6. The molecule has 1 aromatic heterocycles. The number of nitrogens with one attached hydrogen (secondary N) is 1. The second kappa shape index (κ2) is 7.35. The Kier molecular flexibility index (Phi) is 6.03. The van der Waals surface area contributed by atoms with E-state index in [0.717, 1.165) is 11.0 Å². The number of aryl methyl sites for hydroxylation is 1. The molecule has 0 fully saturated rings. The number of aromatic nitrogens is 1. The molecule has 1 heterocycles. The minimum absolute atomic E-state index is 0.161. The van der Waals surface area contributed by atoms with Crippen molar-refractivity contribution >= 4 is 21.8 Å². The summed E-state index contributed by atoms with van der Waals surface area (Å²) in [5.41, 5.74) is 1.28. The van der Waals surface area contributed by atoms with Crippen molar-refractivity contribution in [1.82, 2.24) is 10.3 Å². The highest BCUT2D eigenvalue weighted by atomic mass is 79.9. The minimum Gasteiger partial charge on any atom is -0.379 e. The van der Waals surface area contributed by atoms with E-state index in [2.05, 4.69) is 26.2 Å². The molecular weight excluding hydrogens is 272 g/mol. The van der Waals surface area contributed by atoms with E-state index in [1.54, 1.807) is 6.07 Å². The maximum Gasteiger partial charge on any atom is 0.269 e. The summed E-state index contributed by atoms with van der Waals surface area (Å²) in [7, 11) is 0. The molecule has 0 aliphatic carbocycles. The third-order valence-corrected chi connectivity index (χ3v) is 2.20. The number of rotatable bonds is 6. The molecule has 1 rings (SSSR count). The van der Waals surface area contributed by atoms with Crippen molar-refractivity contribution in [3.63, 3.8) is 0 Å². The summed E-state index contributed by atoms with van der Waals surface area (Å²) in [6, 6.07) is 5.37. The van der Waals surface area contributed by atoms with Crippen LogP contribution in [0.2, 0.25) is 0 Å². The van der Waals surface area contributed by atoms with Crippen LogP contribution in [0.25, 0.3) is 0 Å². The molecule has 1 aromatic rings. The van der Waals surface area contributed by atoms with Crippen molar-refractivity contribution in [1.29, 1.82) is 0 Å². The molecule has 16 heavy (non-hydrogen) atoms. The Bertz CT molecular complexity index is 345. The van der Waals surface area contributed by atoms with Crippen molar-refractivity contribution in [2.75, 3.05) is 25.1 Å². The van der Waals surface area contributed by atoms with Crippen LogP contribution >= 0.6 is 15.9 Å². The summed E-state index contributed by atoms with van der Waals surface area (Å²) in [5, 5.41) is 3.55. The van der Waals surface area contributed by atoms with Gasteiger partial charge < -0.3 is 10.1 Å². The van der Waals surface area contributed by atoms with E-state index in [9.17, 15) is 4.79 Å². The minimum atomic E-state index is -0.161. The van der Waals surface area contributed by atoms with Crippen molar-refractivity contribution in [3.8, 4) is 0 Å². The Labute approximate surface area is 104 Å². The molecule has 0 bridgehead atoms. The molecule has 0 unspecified atom stereocenters. The first-order valence-corrected chi connectivity index (χ1v) is 6.21. The Balaban J connectivity index is 2.30. The van der Waals surface area contributed by atoms with Gasteiger partial charge in [0.2, 0.25) is 0 Å². The van der Waals surface area contributed by atoms with Crippen LogP contribution in [0.5, 0.6) is 0 Å². The molecular formula is C11H15BrN2O2. The van der Waals surface area contributed by atoms with Gasteiger partial charge in [-0.05, 0) is 19.1 Å². The average molecular weight is 287 g/mol. The Morgan fingerprint density at radius 2 is 2.31 bits per heavy atom. The van der Waals surface area contributed by atoms with Crippen molar-refractivity contribution < 1.29 is 9.53 Å². The largest absolute Gasteiger partial charge is 0.379 e. The van der Waals surface area contributed by atoms with Crippen LogP contribution in [0.4, 0.5) is 0 Å². The van der Waals surface area contributed by atoms with Gasteiger partial charge in [-0.2, -0.15) is 0 Å². The van der Waals surface area contributed by atoms with Crippen LogP contribution in [0.1, 0.15) is 16.2 Å². The first kappa shape index (κ1) is 13.1. The molecule has 0 aliphatic heterocycles. The molecule has 0 saturated heterocycles. The van der Waals surface area contributed by atoms with Gasteiger partial charge in [-0.25, -0.2) is 4.98 Å². The third kappa shape index (κ3) is 4.72. The first-order chi connectivity index (χ1) is 7.74. The molecule has 0 atom stereocenters. The average Bonchev–Trinajstić information content (AvgIpc) is 2.28. The monoisotopic (exact) mass is 286 g/mol. The molecule has 1 N–H and O–H groups in total. The standard InChI is InChI=1S/C11H15BrN2O2/c1-9-3-2-4-10(14-9)11(15)13-6-8-16-7-5-12/h2-4H,5-8H2,1H3,(H,13,15). The predicted octanol–water partition coefficient (Wildman–Crippen LogP) is 1.53. The second-order valence-electron chi connectivity index (χ2n) is 3.22. The van der Waals surface area contributed by atoms with Gasteiger partial charge in [-0.15, -0.1) is 0 Å². The van der Waals surface area contributed by atoms with Gasteiger partial charge in [0.15, 0.2) is 0 Å². The lowest BCUT2D eigenvalue weighted by Gasteiger charge is -2.05. The lowest BCUT2D eigenvalue weighted by molar-refractivity contribution is 0.0919. The highest BCUT2D eigenvalue weighted by Crippen LogP contribution is 1.97. The van der Waals surface area contributed by atoms with Gasteiger partial charge >= 0.3 is 0 Å². The zero-order valence-electron chi connectivity index (χ0n) is 9.20. The van der Waals surface area contributed by atoms with Gasteiger partial charge in [-0.1, -0.05) is 22.0 Å². The number of amides is 1. The molecule has 0 aromatic carbocycles. The number of carbonyl (C=O) groups is 1.